The molecule has 0 heterocycles. The molecule has 1 aliphatic carbocycles. The molecule has 1 rings (SSSR count). The van der Waals surface area contributed by atoms with Crippen LogP contribution in [0.15, 0.2) is 0 Å². The van der Waals surface area contributed by atoms with Gasteiger partial charge in [-0.05, 0) is 45.4 Å². The molecular weight excluding hydrogens is 288 g/mol. The maximum atomic E-state index is 11.5. The van der Waals surface area contributed by atoms with Gasteiger partial charge in [0.25, 0.3) is 0 Å². The summed E-state index contributed by atoms with van der Waals surface area (Å²) in [4.78, 5) is 34.0. The number of carboxylic acid groups (broad SMARTS) is 3. The first kappa shape index (κ1) is 18.5. The van der Waals surface area contributed by atoms with E-state index in [9.17, 15) is 29.7 Å². The normalized spacial score (nSPS) is 31.5. The second-order valence-corrected chi connectivity index (χ2v) is 6.65. The molecule has 2 unspecified atom stereocenters. The summed E-state index contributed by atoms with van der Waals surface area (Å²) in [7, 11) is 0. The molecule has 6 heteroatoms. The van der Waals surface area contributed by atoms with Crippen LogP contribution in [0.3, 0.4) is 0 Å². The molecule has 0 bridgehead atoms. The van der Waals surface area contributed by atoms with E-state index >= 15 is 0 Å². The molecule has 6 nitrogen and oxygen atoms in total. The highest BCUT2D eigenvalue weighted by atomic mass is 16.4. The number of carbonyl (C=O) groups is 3. The quantitative estimate of drug-likeness (QED) is 0.738. The van der Waals surface area contributed by atoms with E-state index in [1.165, 1.54) is 0 Å². The van der Waals surface area contributed by atoms with Crippen molar-refractivity contribution in [3.05, 3.63) is 0 Å². The molecule has 22 heavy (non-hydrogen) atoms. The number of rotatable bonds is 3. The van der Waals surface area contributed by atoms with Gasteiger partial charge in [-0.2, -0.15) is 0 Å². The average molecular weight is 314 g/mol. The zero-order chi connectivity index (χ0) is 16.8. The van der Waals surface area contributed by atoms with Crippen LogP contribution in [0.25, 0.3) is 0 Å². The topological polar surface area (TPSA) is 112 Å². The summed E-state index contributed by atoms with van der Waals surface area (Å²) >= 11 is 0. The van der Waals surface area contributed by atoms with E-state index < -0.39 is 35.2 Å². The van der Waals surface area contributed by atoms with Crippen LogP contribution in [0.4, 0.5) is 0 Å². The first-order valence-electron chi connectivity index (χ1n) is 7.95. The SMILES string of the molecule is CC1(C(=O)O)CCCC(C(=O)O)CCCC(C(=O)O)CCC1. The van der Waals surface area contributed by atoms with E-state index in [4.69, 9.17) is 0 Å². The molecule has 2 atom stereocenters. The van der Waals surface area contributed by atoms with Crippen molar-refractivity contribution in [3.8, 4) is 0 Å². The second-order valence-electron chi connectivity index (χ2n) is 6.65. The number of hydrogen-bond acceptors (Lipinski definition) is 3. The van der Waals surface area contributed by atoms with Gasteiger partial charge in [0.15, 0.2) is 0 Å². The summed E-state index contributed by atoms with van der Waals surface area (Å²) in [5.74, 6) is -3.65. The Balaban J connectivity index is 2.82. The molecule has 126 valence electrons. The first-order chi connectivity index (χ1) is 10.3. The van der Waals surface area contributed by atoms with Gasteiger partial charge in [-0.15, -0.1) is 0 Å². The lowest BCUT2D eigenvalue weighted by Crippen LogP contribution is -2.29. The third-order valence-electron chi connectivity index (χ3n) is 4.88. The van der Waals surface area contributed by atoms with Crippen LogP contribution in [-0.2, 0) is 14.4 Å². The van der Waals surface area contributed by atoms with Crippen LogP contribution in [0.1, 0.15) is 64.7 Å². The highest BCUT2D eigenvalue weighted by molar-refractivity contribution is 5.74. The van der Waals surface area contributed by atoms with Crippen LogP contribution in [0.5, 0.6) is 0 Å². The lowest BCUT2D eigenvalue weighted by Gasteiger charge is -2.27. The van der Waals surface area contributed by atoms with Gasteiger partial charge in [-0.25, -0.2) is 0 Å². The summed E-state index contributed by atoms with van der Waals surface area (Å²) in [6.45, 7) is 1.67. The van der Waals surface area contributed by atoms with E-state index in [0.29, 0.717) is 57.8 Å². The molecule has 3 N–H and O–H groups in total. The lowest BCUT2D eigenvalue weighted by molar-refractivity contribution is -0.149. The van der Waals surface area contributed by atoms with Crippen LogP contribution in [0.2, 0.25) is 0 Å². The summed E-state index contributed by atoms with van der Waals surface area (Å²) in [5.41, 5.74) is -0.898. The molecule has 0 aromatic carbocycles. The predicted molar refractivity (Wildman–Crippen MR) is 79.5 cm³/mol. The van der Waals surface area contributed by atoms with E-state index in [-0.39, 0.29) is 0 Å². The zero-order valence-electron chi connectivity index (χ0n) is 13.1. The van der Waals surface area contributed by atoms with Gasteiger partial charge in [-0.3, -0.25) is 14.4 Å². The molecule has 0 aromatic rings. The molecule has 0 radical (unpaired) electrons. The van der Waals surface area contributed by atoms with Gasteiger partial charge in [0.2, 0.25) is 0 Å². The molecule has 0 aromatic heterocycles. The van der Waals surface area contributed by atoms with Crippen molar-refractivity contribution in [2.24, 2.45) is 17.3 Å². The van der Waals surface area contributed by atoms with E-state index in [1.54, 1.807) is 6.92 Å². The predicted octanol–water partition coefficient (Wildman–Crippen LogP) is 3.00. The Morgan fingerprint density at radius 1 is 0.773 bits per heavy atom. The smallest absolute Gasteiger partial charge is 0.309 e. The van der Waals surface area contributed by atoms with Crippen molar-refractivity contribution < 1.29 is 29.7 Å². The Bertz CT molecular complexity index is 389. The maximum absolute atomic E-state index is 11.5. The Hall–Kier alpha value is -1.59. The fourth-order valence-corrected chi connectivity index (χ4v) is 3.21. The van der Waals surface area contributed by atoms with Gasteiger partial charge in [0.05, 0.1) is 17.3 Å². The molecular formula is C16H26O6. The van der Waals surface area contributed by atoms with Gasteiger partial charge in [-0.1, -0.05) is 19.3 Å². The largest absolute Gasteiger partial charge is 0.481 e. The van der Waals surface area contributed by atoms with E-state index in [0.717, 1.165) is 0 Å². The fourth-order valence-electron chi connectivity index (χ4n) is 3.21. The summed E-state index contributed by atoms with van der Waals surface area (Å²) in [5, 5.41) is 27.9. The summed E-state index contributed by atoms with van der Waals surface area (Å²) in [6.07, 6.45) is 4.43. The monoisotopic (exact) mass is 314 g/mol. The molecule has 1 fully saturated rings. The third-order valence-corrected chi connectivity index (χ3v) is 4.88. The molecule has 0 amide bonds. The van der Waals surface area contributed by atoms with Crippen LogP contribution in [0, 0.1) is 17.3 Å². The van der Waals surface area contributed by atoms with Crippen LogP contribution in [-0.4, -0.2) is 33.2 Å². The average Bonchev–Trinajstić information content (AvgIpc) is 2.41. The number of carboxylic acids is 3. The summed E-state index contributed by atoms with van der Waals surface area (Å²) < 4.78 is 0. The lowest BCUT2D eigenvalue weighted by atomic mass is 9.77. The Morgan fingerprint density at radius 3 is 1.45 bits per heavy atom. The summed E-state index contributed by atoms with van der Waals surface area (Å²) in [6, 6.07) is 0. The molecule has 0 spiro atoms. The highest BCUT2D eigenvalue weighted by Gasteiger charge is 2.33. The standard InChI is InChI=1S/C16H26O6/c1-16(15(21)22)9-3-7-11(13(17)18)5-2-6-12(14(19)20)8-4-10-16/h11-12H,2-10H2,1H3,(H,17,18)(H,19,20)(H,21,22). The second kappa shape index (κ2) is 8.15. The first-order valence-corrected chi connectivity index (χ1v) is 7.95. The van der Waals surface area contributed by atoms with Crippen molar-refractivity contribution in [3.63, 3.8) is 0 Å². The highest BCUT2D eigenvalue weighted by Crippen LogP contribution is 2.34. The minimum absolute atomic E-state index is 0.434. The van der Waals surface area contributed by atoms with Gasteiger partial charge in [0.1, 0.15) is 0 Å². The third kappa shape index (κ3) is 5.31. The van der Waals surface area contributed by atoms with E-state index in [1.807, 2.05) is 0 Å². The van der Waals surface area contributed by atoms with Crippen molar-refractivity contribution in [1.29, 1.82) is 0 Å². The molecule has 1 aliphatic rings. The Labute approximate surface area is 130 Å². The maximum Gasteiger partial charge on any atom is 0.309 e. The number of hydrogen-bond donors (Lipinski definition) is 3. The van der Waals surface area contributed by atoms with Crippen molar-refractivity contribution in [1.82, 2.24) is 0 Å². The van der Waals surface area contributed by atoms with Crippen molar-refractivity contribution >= 4 is 17.9 Å². The molecule has 1 saturated carbocycles. The van der Waals surface area contributed by atoms with Gasteiger partial charge in [0, 0.05) is 0 Å². The Morgan fingerprint density at radius 2 is 1.14 bits per heavy atom. The molecule has 0 aliphatic heterocycles. The molecule has 0 saturated heterocycles. The zero-order valence-corrected chi connectivity index (χ0v) is 13.1. The number of aliphatic carboxylic acids is 3. The van der Waals surface area contributed by atoms with Crippen molar-refractivity contribution in [2.75, 3.05) is 0 Å². The van der Waals surface area contributed by atoms with Crippen LogP contribution >= 0.6 is 0 Å². The van der Waals surface area contributed by atoms with Gasteiger partial charge >= 0.3 is 17.9 Å². The minimum Gasteiger partial charge on any atom is -0.481 e. The van der Waals surface area contributed by atoms with Crippen molar-refractivity contribution in [2.45, 2.75) is 64.7 Å². The van der Waals surface area contributed by atoms with Crippen LogP contribution < -0.4 is 0 Å². The fraction of sp³-hybridized carbons (Fsp3) is 0.812. The van der Waals surface area contributed by atoms with Gasteiger partial charge < -0.3 is 15.3 Å². The minimum atomic E-state index is -0.898. The Kier molecular flexibility index (Phi) is 6.84. The van der Waals surface area contributed by atoms with E-state index in [2.05, 4.69) is 0 Å².